The monoisotopic (exact) mass is 355 g/mol. The van der Waals surface area contributed by atoms with Gasteiger partial charge in [-0.2, -0.15) is 13.2 Å². The van der Waals surface area contributed by atoms with Crippen LogP contribution in [-0.4, -0.2) is 16.9 Å². The van der Waals surface area contributed by atoms with Gasteiger partial charge in [0.25, 0.3) is 0 Å². The predicted molar refractivity (Wildman–Crippen MR) is 67.9 cm³/mol. The zero-order chi connectivity index (χ0) is 13.3. The van der Waals surface area contributed by atoms with Crippen LogP contribution in [-0.2, 0) is 11.2 Å². The molecule has 0 aromatic carbocycles. The Balaban J connectivity index is 2.14. The second-order valence-corrected chi connectivity index (χ2v) is 6.12. The lowest BCUT2D eigenvalue weighted by Crippen LogP contribution is -2.24. The summed E-state index contributed by atoms with van der Waals surface area (Å²) >= 11 is 5.77. The molecule has 2 nitrogen and oxygen atoms in total. The highest BCUT2D eigenvalue weighted by molar-refractivity contribution is 9.10. The van der Waals surface area contributed by atoms with Gasteiger partial charge in [0.2, 0.25) is 5.78 Å². The van der Waals surface area contributed by atoms with Gasteiger partial charge in [-0.15, -0.1) is 22.7 Å². The Kier molecular flexibility index (Phi) is 3.88. The average molecular weight is 356 g/mol. The Hall–Kier alpha value is -0.730. The molecule has 2 heterocycles. The number of halogens is 4. The summed E-state index contributed by atoms with van der Waals surface area (Å²) in [5.74, 6) is -1.77. The van der Waals surface area contributed by atoms with Gasteiger partial charge in [0.05, 0.1) is 17.0 Å². The van der Waals surface area contributed by atoms with Crippen molar-refractivity contribution in [3.8, 4) is 10.6 Å². The van der Waals surface area contributed by atoms with Crippen LogP contribution >= 0.6 is 38.6 Å². The number of Topliss-reactive ketones (excluding diaryl/α,β-unsaturated/α-hetero) is 1. The first kappa shape index (κ1) is 13.7. The van der Waals surface area contributed by atoms with E-state index in [1.807, 2.05) is 11.4 Å². The molecular weight excluding hydrogens is 351 g/mol. The summed E-state index contributed by atoms with van der Waals surface area (Å²) in [6.07, 6.45) is -5.49. The number of rotatable bonds is 3. The maximum absolute atomic E-state index is 12.1. The van der Waals surface area contributed by atoms with Gasteiger partial charge in [-0.05, 0) is 22.0 Å². The van der Waals surface area contributed by atoms with Gasteiger partial charge in [0, 0.05) is 15.2 Å². The minimum Gasteiger partial charge on any atom is -0.289 e. The topological polar surface area (TPSA) is 30.0 Å². The molecule has 2 rings (SSSR count). The van der Waals surface area contributed by atoms with Crippen molar-refractivity contribution in [3.05, 3.63) is 26.3 Å². The second kappa shape index (κ2) is 5.10. The Labute approximate surface area is 117 Å². The first-order chi connectivity index (χ1) is 8.36. The molecule has 0 atom stereocenters. The molecule has 18 heavy (non-hydrogen) atoms. The molecule has 0 amide bonds. The molecule has 0 saturated carbocycles. The number of aromatic nitrogens is 1. The lowest BCUT2D eigenvalue weighted by molar-refractivity contribution is -0.170. The van der Waals surface area contributed by atoms with E-state index in [9.17, 15) is 18.0 Å². The first-order valence-electron chi connectivity index (χ1n) is 4.65. The van der Waals surface area contributed by atoms with Crippen LogP contribution in [0.25, 0.3) is 10.6 Å². The van der Waals surface area contributed by atoms with Crippen molar-refractivity contribution in [2.75, 3.05) is 0 Å². The molecule has 0 aliphatic heterocycles. The van der Waals surface area contributed by atoms with E-state index in [1.54, 1.807) is 5.38 Å². The molecule has 8 heteroatoms. The standard InChI is InChI=1S/C10H5BrF3NOS2/c11-5-1-7(17-3-5)6-4-18-9(15-6)2-8(16)10(12,13)14/h1,3-4H,2H2. The van der Waals surface area contributed by atoms with Crippen molar-refractivity contribution in [1.82, 2.24) is 4.98 Å². The van der Waals surface area contributed by atoms with E-state index < -0.39 is 18.4 Å². The van der Waals surface area contributed by atoms with Crippen LogP contribution in [0.5, 0.6) is 0 Å². The molecule has 0 radical (unpaired) electrons. The zero-order valence-corrected chi connectivity index (χ0v) is 11.8. The highest BCUT2D eigenvalue weighted by Gasteiger charge is 2.38. The Morgan fingerprint density at radius 1 is 1.33 bits per heavy atom. The third kappa shape index (κ3) is 3.18. The summed E-state index contributed by atoms with van der Waals surface area (Å²) in [5, 5.41) is 3.68. The second-order valence-electron chi connectivity index (χ2n) is 3.35. The molecular formula is C10H5BrF3NOS2. The number of thiazole rings is 1. The molecule has 96 valence electrons. The molecule has 0 fully saturated rings. The number of alkyl halides is 3. The van der Waals surface area contributed by atoms with Crippen LogP contribution in [0, 0.1) is 0 Å². The van der Waals surface area contributed by atoms with Crippen LogP contribution < -0.4 is 0 Å². The number of hydrogen-bond donors (Lipinski definition) is 0. The lowest BCUT2D eigenvalue weighted by atomic mass is 10.3. The number of carbonyl (C=O) groups is 1. The fourth-order valence-corrected chi connectivity index (χ4v) is 3.45. The SMILES string of the molecule is O=C(Cc1nc(-c2cc(Br)cs2)cs1)C(F)(F)F. The van der Waals surface area contributed by atoms with Crippen molar-refractivity contribution in [1.29, 1.82) is 0 Å². The third-order valence-electron chi connectivity index (χ3n) is 2.00. The maximum Gasteiger partial charge on any atom is 0.450 e. The molecule has 0 bridgehead atoms. The van der Waals surface area contributed by atoms with Gasteiger partial charge < -0.3 is 0 Å². The number of hydrogen-bond acceptors (Lipinski definition) is 4. The van der Waals surface area contributed by atoms with E-state index in [0.717, 1.165) is 20.7 Å². The molecule has 0 saturated heterocycles. The van der Waals surface area contributed by atoms with Crippen molar-refractivity contribution in [2.24, 2.45) is 0 Å². The zero-order valence-electron chi connectivity index (χ0n) is 8.62. The minimum atomic E-state index is -4.79. The fourth-order valence-electron chi connectivity index (χ4n) is 1.19. The van der Waals surface area contributed by atoms with Crippen LogP contribution in [0.15, 0.2) is 21.3 Å². The highest BCUT2D eigenvalue weighted by Crippen LogP contribution is 2.31. The number of nitrogens with zero attached hydrogens (tertiary/aromatic N) is 1. The molecule has 2 aromatic rings. The Bertz CT molecular complexity index is 576. The van der Waals surface area contributed by atoms with Crippen molar-refractivity contribution >= 4 is 44.4 Å². The number of carbonyl (C=O) groups excluding carboxylic acids is 1. The van der Waals surface area contributed by atoms with Crippen molar-refractivity contribution in [3.63, 3.8) is 0 Å². The van der Waals surface area contributed by atoms with Gasteiger partial charge in [0.1, 0.15) is 5.01 Å². The normalized spacial score (nSPS) is 11.8. The molecule has 0 aliphatic carbocycles. The predicted octanol–water partition coefficient (Wildman–Crippen LogP) is 4.31. The first-order valence-corrected chi connectivity index (χ1v) is 7.20. The average Bonchev–Trinajstić information content (AvgIpc) is 2.85. The van der Waals surface area contributed by atoms with E-state index in [1.165, 1.54) is 11.3 Å². The molecule has 0 N–H and O–H groups in total. The molecule has 0 aliphatic rings. The van der Waals surface area contributed by atoms with E-state index in [4.69, 9.17) is 0 Å². The van der Waals surface area contributed by atoms with E-state index in [-0.39, 0.29) is 5.01 Å². The van der Waals surface area contributed by atoms with E-state index >= 15 is 0 Å². The van der Waals surface area contributed by atoms with Gasteiger partial charge in [0.15, 0.2) is 0 Å². The number of thiophene rings is 1. The van der Waals surface area contributed by atoms with Gasteiger partial charge in [-0.25, -0.2) is 4.98 Å². The van der Waals surface area contributed by atoms with E-state index in [0.29, 0.717) is 5.69 Å². The van der Waals surface area contributed by atoms with Gasteiger partial charge in [-0.3, -0.25) is 4.79 Å². The van der Waals surface area contributed by atoms with Crippen LogP contribution in [0.2, 0.25) is 0 Å². The summed E-state index contributed by atoms with van der Waals surface area (Å²) in [6.45, 7) is 0. The van der Waals surface area contributed by atoms with Crippen molar-refractivity contribution in [2.45, 2.75) is 12.6 Å². The lowest BCUT2D eigenvalue weighted by Gasteiger charge is -2.01. The fraction of sp³-hybridized carbons (Fsp3) is 0.200. The maximum atomic E-state index is 12.1. The quantitative estimate of drug-likeness (QED) is 0.821. The molecule has 2 aromatic heterocycles. The Morgan fingerprint density at radius 2 is 2.06 bits per heavy atom. The van der Waals surface area contributed by atoms with Crippen molar-refractivity contribution < 1.29 is 18.0 Å². The van der Waals surface area contributed by atoms with Gasteiger partial charge >= 0.3 is 6.18 Å². The van der Waals surface area contributed by atoms with Crippen LogP contribution in [0.1, 0.15) is 5.01 Å². The third-order valence-corrected chi connectivity index (χ3v) is 4.56. The minimum absolute atomic E-state index is 0.178. The van der Waals surface area contributed by atoms with E-state index in [2.05, 4.69) is 20.9 Å². The summed E-state index contributed by atoms with van der Waals surface area (Å²) < 4.78 is 37.2. The van der Waals surface area contributed by atoms with Gasteiger partial charge in [-0.1, -0.05) is 0 Å². The smallest absolute Gasteiger partial charge is 0.289 e. The van der Waals surface area contributed by atoms with Crippen LogP contribution in [0.3, 0.4) is 0 Å². The van der Waals surface area contributed by atoms with Crippen LogP contribution in [0.4, 0.5) is 13.2 Å². The molecule has 0 spiro atoms. The number of ketones is 1. The summed E-state index contributed by atoms with van der Waals surface area (Å²) in [6, 6.07) is 1.83. The summed E-state index contributed by atoms with van der Waals surface area (Å²) in [7, 11) is 0. The summed E-state index contributed by atoms with van der Waals surface area (Å²) in [4.78, 5) is 15.7. The molecule has 0 unspecified atom stereocenters. The largest absolute Gasteiger partial charge is 0.450 e. The summed E-state index contributed by atoms with van der Waals surface area (Å²) in [5.41, 5.74) is 0.598. The Morgan fingerprint density at radius 3 is 2.61 bits per heavy atom. The highest BCUT2D eigenvalue weighted by atomic mass is 79.9.